The van der Waals surface area contributed by atoms with E-state index in [4.69, 9.17) is 24.5 Å². The SMILES string of the molecule is O=C(O)C(=O)O.c1ccc2c(OCCCCN3CCCCC3)cccc2c1. The number of benzene rings is 2. The smallest absolute Gasteiger partial charge is 0.414 e. The Kier molecular flexibility index (Phi) is 8.58. The van der Waals surface area contributed by atoms with Crippen molar-refractivity contribution in [3.05, 3.63) is 42.5 Å². The first-order valence-electron chi connectivity index (χ1n) is 9.37. The van der Waals surface area contributed by atoms with Crippen LogP contribution in [0.25, 0.3) is 10.8 Å². The van der Waals surface area contributed by atoms with E-state index in [0.717, 1.165) is 18.8 Å². The van der Waals surface area contributed by atoms with Gasteiger partial charge in [0, 0.05) is 5.39 Å². The van der Waals surface area contributed by atoms with Gasteiger partial charge >= 0.3 is 11.9 Å². The fourth-order valence-corrected chi connectivity index (χ4v) is 3.12. The molecule has 0 radical (unpaired) electrons. The Morgan fingerprint density at radius 3 is 2.26 bits per heavy atom. The van der Waals surface area contributed by atoms with Crippen LogP contribution in [0.1, 0.15) is 32.1 Å². The fourth-order valence-electron chi connectivity index (χ4n) is 3.12. The molecule has 6 heteroatoms. The molecule has 2 aromatic carbocycles. The zero-order valence-corrected chi connectivity index (χ0v) is 15.5. The van der Waals surface area contributed by atoms with Gasteiger partial charge in [-0.05, 0) is 56.8 Å². The van der Waals surface area contributed by atoms with Crippen LogP contribution in [0.3, 0.4) is 0 Å². The normalized spacial score (nSPS) is 14.2. The van der Waals surface area contributed by atoms with Crippen molar-refractivity contribution < 1.29 is 24.5 Å². The third-order valence-electron chi connectivity index (χ3n) is 4.51. The number of aliphatic carboxylic acids is 2. The van der Waals surface area contributed by atoms with Crippen LogP contribution in [0.5, 0.6) is 5.75 Å². The second-order valence-electron chi connectivity index (χ2n) is 6.55. The van der Waals surface area contributed by atoms with Gasteiger partial charge in [-0.1, -0.05) is 42.8 Å². The number of rotatable bonds is 6. The summed E-state index contributed by atoms with van der Waals surface area (Å²) in [5.74, 6) is -2.63. The quantitative estimate of drug-likeness (QED) is 0.594. The lowest BCUT2D eigenvalue weighted by Gasteiger charge is -2.26. The van der Waals surface area contributed by atoms with Crippen LogP contribution < -0.4 is 4.74 Å². The van der Waals surface area contributed by atoms with E-state index in [9.17, 15) is 0 Å². The Morgan fingerprint density at radius 1 is 0.889 bits per heavy atom. The number of ether oxygens (including phenoxy) is 1. The van der Waals surface area contributed by atoms with Crippen LogP contribution in [0, 0.1) is 0 Å². The van der Waals surface area contributed by atoms with Gasteiger partial charge in [0.15, 0.2) is 0 Å². The molecule has 27 heavy (non-hydrogen) atoms. The van der Waals surface area contributed by atoms with E-state index in [1.807, 2.05) is 0 Å². The maximum absolute atomic E-state index is 9.10. The van der Waals surface area contributed by atoms with Gasteiger partial charge in [-0.3, -0.25) is 0 Å². The number of piperidine rings is 1. The van der Waals surface area contributed by atoms with E-state index in [0.29, 0.717) is 0 Å². The van der Waals surface area contributed by atoms with Crippen molar-refractivity contribution in [3.8, 4) is 5.75 Å². The molecule has 1 aliphatic heterocycles. The molecule has 1 saturated heterocycles. The number of carboxylic acids is 2. The molecular formula is C21H27NO5. The third-order valence-corrected chi connectivity index (χ3v) is 4.51. The lowest BCUT2D eigenvalue weighted by Crippen LogP contribution is -2.30. The van der Waals surface area contributed by atoms with Gasteiger partial charge in [0.25, 0.3) is 0 Å². The van der Waals surface area contributed by atoms with Crippen molar-refractivity contribution in [1.29, 1.82) is 0 Å². The van der Waals surface area contributed by atoms with Crippen LogP contribution in [0.2, 0.25) is 0 Å². The largest absolute Gasteiger partial charge is 0.493 e. The molecule has 0 bridgehead atoms. The molecule has 2 N–H and O–H groups in total. The lowest BCUT2D eigenvalue weighted by molar-refractivity contribution is -0.159. The zero-order chi connectivity index (χ0) is 19.5. The standard InChI is InChI=1S/C19H25NO.C2H2O4/c1-4-13-20(14-5-1)15-6-7-16-21-19-12-8-10-17-9-2-3-11-18(17)19;3-1(4)2(5)6/h2-3,8-12H,1,4-7,13-16H2;(H,3,4)(H,5,6). The first kappa shape index (κ1) is 20.7. The molecule has 0 spiro atoms. The van der Waals surface area contributed by atoms with Crippen molar-refractivity contribution in [2.45, 2.75) is 32.1 Å². The summed E-state index contributed by atoms with van der Waals surface area (Å²) < 4.78 is 5.99. The topological polar surface area (TPSA) is 87.1 Å². The molecule has 1 heterocycles. The van der Waals surface area contributed by atoms with E-state index in [-0.39, 0.29) is 0 Å². The van der Waals surface area contributed by atoms with Crippen LogP contribution in [0.15, 0.2) is 42.5 Å². The summed E-state index contributed by atoms with van der Waals surface area (Å²) in [6.45, 7) is 4.65. The Bertz CT molecular complexity index is 723. The van der Waals surface area contributed by atoms with E-state index < -0.39 is 11.9 Å². The molecule has 1 fully saturated rings. The minimum Gasteiger partial charge on any atom is -0.493 e. The van der Waals surface area contributed by atoms with Gasteiger partial charge in [-0.25, -0.2) is 9.59 Å². The van der Waals surface area contributed by atoms with Crippen LogP contribution in [-0.2, 0) is 9.59 Å². The van der Waals surface area contributed by atoms with E-state index in [1.54, 1.807) is 0 Å². The highest BCUT2D eigenvalue weighted by atomic mass is 16.5. The Hall–Kier alpha value is -2.60. The highest BCUT2D eigenvalue weighted by Gasteiger charge is 2.09. The summed E-state index contributed by atoms with van der Waals surface area (Å²) >= 11 is 0. The van der Waals surface area contributed by atoms with Crippen molar-refractivity contribution in [2.24, 2.45) is 0 Å². The summed E-state index contributed by atoms with van der Waals surface area (Å²) in [6, 6.07) is 14.7. The molecule has 1 aliphatic rings. The Morgan fingerprint density at radius 2 is 1.56 bits per heavy atom. The van der Waals surface area contributed by atoms with Crippen LogP contribution in [0.4, 0.5) is 0 Å². The fraction of sp³-hybridized carbons (Fsp3) is 0.429. The number of carboxylic acid groups (broad SMARTS) is 2. The molecule has 0 aliphatic carbocycles. The van der Waals surface area contributed by atoms with E-state index >= 15 is 0 Å². The first-order valence-corrected chi connectivity index (χ1v) is 9.37. The van der Waals surface area contributed by atoms with E-state index in [1.165, 1.54) is 56.1 Å². The molecule has 0 unspecified atom stereocenters. The Balaban J connectivity index is 0.000000380. The van der Waals surface area contributed by atoms with Crippen LogP contribution in [-0.4, -0.2) is 53.3 Å². The Labute approximate surface area is 159 Å². The summed E-state index contributed by atoms with van der Waals surface area (Å²) in [5.41, 5.74) is 0. The summed E-state index contributed by atoms with van der Waals surface area (Å²) in [6.07, 6.45) is 6.56. The number of hydrogen-bond acceptors (Lipinski definition) is 4. The molecule has 0 aromatic heterocycles. The minimum atomic E-state index is -1.82. The third kappa shape index (κ3) is 7.27. The van der Waals surface area contributed by atoms with Gasteiger partial charge < -0.3 is 19.8 Å². The number of fused-ring (bicyclic) bond motifs is 1. The molecule has 3 rings (SSSR count). The van der Waals surface area contributed by atoms with Gasteiger partial charge in [0.05, 0.1) is 6.61 Å². The number of likely N-dealkylation sites (tertiary alicyclic amines) is 1. The minimum absolute atomic E-state index is 0.821. The molecule has 0 saturated carbocycles. The number of carbonyl (C=O) groups is 2. The average Bonchev–Trinajstić information content (AvgIpc) is 2.69. The van der Waals surface area contributed by atoms with Gasteiger partial charge in [-0.15, -0.1) is 0 Å². The maximum atomic E-state index is 9.10. The van der Waals surface area contributed by atoms with Crippen molar-refractivity contribution in [3.63, 3.8) is 0 Å². The number of unbranched alkanes of at least 4 members (excludes halogenated alkanes) is 1. The molecule has 0 atom stereocenters. The molecular weight excluding hydrogens is 346 g/mol. The molecule has 6 nitrogen and oxygen atoms in total. The summed E-state index contributed by atoms with van der Waals surface area (Å²) in [7, 11) is 0. The highest BCUT2D eigenvalue weighted by Crippen LogP contribution is 2.25. The van der Waals surface area contributed by atoms with Crippen molar-refractivity contribution in [2.75, 3.05) is 26.2 Å². The summed E-state index contributed by atoms with van der Waals surface area (Å²) in [5, 5.41) is 17.3. The lowest BCUT2D eigenvalue weighted by atomic mass is 10.1. The monoisotopic (exact) mass is 373 g/mol. The highest BCUT2D eigenvalue weighted by molar-refractivity contribution is 6.27. The maximum Gasteiger partial charge on any atom is 0.414 e. The molecule has 0 amide bonds. The van der Waals surface area contributed by atoms with Crippen molar-refractivity contribution >= 4 is 22.7 Å². The molecule has 2 aromatic rings. The van der Waals surface area contributed by atoms with E-state index in [2.05, 4.69) is 47.4 Å². The molecule has 146 valence electrons. The van der Waals surface area contributed by atoms with Gasteiger partial charge in [-0.2, -0.15) is 0 Å². The number of hydrogen-bond donors (Lipinski definition) is 2. The first-order chi connectivity index (χ1) is 13.1. The summed E-state index contributed by atoms with van der Waals surface area (Å²) in [4.78, 5) is 20.8. The van der Waals surface area contributed by atoms with Crippen LogP contribution >= 0.6 is 0 Å². The predicted molar refractivity (Wildman–Crippen MR) is 104 cm³/mol. The predicted octanol–water partition coefficient (Wildman–Crippen LogP) is 3.64. The second-order valence-corrected chi connectivity index (χ2v) is 6.55. The zero-order valence-electron chi connectivity index (χ0n) is 15.5. The second kappa shape index (κ2) is 11.2. The van der Waals surface area contributed by atoms with Gasteiger partial charge in [0.1, 0.15) is 5.75 Å². The number of nitrogens with zero attached hydrogens (tertiary/aromatic N) is 1. The average molecular weight is 373 g/mol. The van der Waals surface area contributed by atoms with Gasteiger partial charge in [0.2, 0.25) is 0 Å². The van der Waals surface area contributed by atoms with Crippen molar-refractivity contribution in [1.82, 2.24) is 4.90 Å².